The van der Waals surface area contributed by atoms with Crippen LogP contribution in [0.5, 0.6) is 0 Å². The fourth-order valence-electron chi connectivity index (χ4n) is 2.49. The molecule has 16 heavy (non-hydrogen) atoms. The van der Waals surface area contributed by atoms with E-state index < -0.39 is 0 Å². The van der Waals surface area contributed by atoms with E-state index in [2.05, 4.69) is 25.2 Å². The molecule has 3 atom stereocenters. The zero-order chi connectivity index (χ0) is 11.5. The molecule has 1 aliphatic rings. The van der Waals surface area contributed by atoms with Gasteiger partial charge in [-0.05, 0) is 38.9 Å². The van der Waals surface area contributed by atoms with Crippen molar-refractivity contribution in [1.82, 2.24) is 5.32 Å². The molecule has 0 aromatic carbocycles. The first-order valence-electron chi connectivity index (χ1n) is 6.13. The van der Waals surface area contributed by atoms with Crippen molar-refractivity contribution in [2.24, 2.45) is 5.92 Å². The molecule has 0 amide bonds. The van der Waals surface area contributed by atoms with Gasteiger partial charge in [0.1, 0.15) is 11.5 Å². The van der Waals surface area contributed by atoms with Gasteiger partial charge in [-0.25, -0.2) is 0 Å². The summed E-state index contributed by atoms with van der Waals surface area (Å²) in [6.45, 7) is 8.09. The van der Waals surface area contributed by atoms with Gasteiger partial charge in [0.2, 0.25) is 0 Å². The molecule has 0 bridgehead atoms. The average molecular weight is 223 g/mol. The number of nitrogens with one attached hydrogen (secondary N) is 1. The summed E-state index contributed by atoms with van der Waals surface area (Å²) in [6, 6.07) is 4.39. The second kappa shape index (κ2) is 5.02. The Balaban J connectivity index is 2.16. The van der Waals surface area contributed by atoms with Crippen molar-refractivity contribution in [2.75, 3.05) is 13.2 Å². The van der Waals surface area contributed by atoms with E-state index in [-0.39, 0.29) is 6.04 Å². The smallest absolute Gasteiger partial charge is 0.121 e. The molecule has 0 radical (unpaired) electrons. The monoisotopic (exact) mass is 223 g/mol. The van der Waals surface area contributed by atoms with Crippen molar-refractivity contribution < 1.29 is 9.15 Å². The summed E-state index contributed by atoms with van der Waals surface area (Å²) in [5, 5.41) is 3.51. The summed E-state index contributed by atoms with van der Waals surface area (Å²) in [6.07, 6.45) is 1.42. The maximum absolute atomic E-state index is 5.74. The molecule has 1 aliphatic heterocycles. The van der Waals surface area contributed by atoms with Gasteiger partial charge in [-0.3, -0.25) is 0 Å². The standard InChI is InChI=1S/C13H21NO2/c1-4-14-13(11-7-8-15-10(11)3)12-6-5-9(2)16-12/h5-6,10-11,13-14H,4,7-8H2,1-3H3. The largest absolute Gasteiger partial charge is 0.465 e. The Labute approximate surface area is 97.2 Å². The molecule has 2 heterocycles. The van der Waals surface area contributed by atoms with Crippen LogP contribution in [0.4, 0.5) is 0 Å². The predicted molar refractivity (Wildman–Crippen MR) is 63.4 cm³/mol. The van der Waals surface area contributed by atoms with Crippen LogP contribution in [0.25, 0.3) is 0 Å². The Hall–Kier alpha value is -0.800. The third-order valence-electron chi connectivity index (χ3n) is 3.35. The van der Waals surface area contributed by atoms with Crippen LogP contribution in [-0.2, 0) is 4.74 Å². The van der Waals surface area contributed by atoms with Crippen LogP contribution < -0.4 is 5.32 Å². The predicted octanol–water partition coefficient (Wildman–Crippen LogP) is 2.66. The number of furan rings is 1. The normalized spacial score (nSPS) is 27.2. The van der Waals surface area contributed by atoms with Gasteiger partial charge in [-0.2, -0.15) is 0 Å². The van der Waals surface area contributed by atoms with Crippen LogP contribution in [0.15, 0.2) is 16.5 Å². The second-order valence-corrected chi connectivity index (χ2v) is 4.51. The minimum atomic E-state index is 0.288. The number of hydrogen-bond acceptors (Lipinski definition) is 3. The minimum Gasteiger partial charge on any atom is -0.465 e. The minimum absolute atomic E-state index is 0.288. The van der Waals surface area contributed by atoms with E-state index >= 15 is 0 Å². The second-order valence-electron chi connectivity index (χ2n) is 4.51. The highest BCUT2D eigenvalue weighted by Crippen LogP contribution is 2.33. The summed E-state index contributed by atoms with van der Waals surface area (Å²) in [5.74, 6) is 2.54. The van der Waals surface area contributed by atoms with E-state index in [1.54, 1.807) is 0 Å². The molecule has 1 N–H and O–H groups in total. The van der Waals surface area contributed by atoms with Crippen LogP contribution in [0.1, 0.15) is 37.8 Å². The van der Waals surface area contributed by atoms with Gasteiger partial charge in [-0.15, -0.1) is 0 Å². The first-order chi connectivity index (χ1) is 7.72. The fraction of sp³-hybridized carbons (Fsp3) is 0.692. The van der Waals surface area contributed by atoms with Crippen molar-refractivity contribution >= 4 is 0 Å². The number of rotatable bonds is 4. The highest BCUT2D eigenvalue weighted by Gasteiger charge is 2.33. The van der Waals surface area contributed by atoms with Gasteiger partial charge in [0.05, 0.1) is 12.1 Å². The molecule has 0 spiro atoms. The van der Waals surface area contributed by atoms with Crippen molar-refractivity contribution in [3.05, 3.63) is 23.7 Å². The molecular weight excluding hydrogens is 202 g/mol. The third kappa shape index (κ3) is 2.30. The summed E-state index contributed by atoms with van der Waals surface area (Å²) in [4.78, 5) is 0. The molecule has 90 valence electrons. The van der Waals surface area contributed by atoms with Crippen LogP contribution in [0.3, 0.4) is 0 Å². The Morgan fingerprint density at radius 3 is 2.81 bits per heavy atom. The van der Waals surface area contributed by atoms with Gasteiger partial charge in [0.15, 0.2) is 0 Å². The molecular formula is C13H21NO2. The molecule has 1 aromatic heterocycles. The van der Waals surface area contributed by atoms with E-state index in [1.165, 1.54) is 0 Å². The molecule has 0 aliphatic carbocycles. The van der Waals surface area contributed by atoms with Crippen LogP contribution in [0.2, 0.25) is 0 Å². The molecule has 1 aromatic rings. The average Bonchev–Trinajstić information content (AvgIpc) is 2.84. The lowest BCUT2D eigenvalue weighted by Crippen LogP contribution is -2.31. The SMILES string of the molecule is CCNC(c1ccc(C)o1)C1CCOC1C. The molecule has 3 nitrogen and oxygen atoms in total. The molecule has 3 unspecified atom stereocenters. The van der Waals surface area contributed by atoms with Crippen LogP contribution in [-0.4, -0.2) is 19.3 Å². The number of hydrogen-bond donors (Lipinski definition) is 1. The van der Waals surface area contributed by atoms with Crippen LogP contribution >= 0.6 is 0 Å². The topological polar surface area (TPSA) is 34.4 Å². The van der Waals surface area contributed by atoms with Crippen LogP contribution in [0, 0.1) is 12.8 Å². The van der Waals surface area contributed by atoms with E-state index in [0.717, 1.165) is 31.1 Å². The summed E-state index contributed by atoms with van der Waals surface area (Å²) in [7, 11) is 0. The Morgan fingerprint density at radius 1 is 1.50 bits per heavy atom. The Morgan fingerprint density at radius 2 is 2.31 bits per heavy atom. The van der Waals surface area contributed by atoms with Gasteiger partial charge in [-0.1, -0.05) is 6.92 Å². The van der Waals surface area contributed by atoms with Gasteiger partial charge >= 0.3 is 0 Å². The zero-order valence-electron chi connectivity index (χ0n) is 10.3. The fourth-order valence-corrected chi connectivity index (χ4v) is 2.49. The Kier molecular flexibility index (Phi) is 3.66. The summed E-state index contributed by atoms with van der Waals surface area (Å²) in [5.41, 5.74) is 0. The molecule has 2 rings (SSSR count). The number of ether oxygens (including phenoxy) is 1. The van der Waals surface area contributed by atoms with Gasteiger partial charge in [0, 0.05) is 12.5 Å². The first kappa shape index (κ1) is 11.7. The zero-order valence-corrected chi connectivity index (χ0v) is 10.3. The lowest BCUT2D eigenvalue weighted by molar-refractivity contribution is 0.0926. The highest BCUT2D eigenvalue weighted by atomic mass is 16.5. The summed E-state index contributed by atoms with van der Waals surface area (Å²) < 4.78 is 11.4. The highest BCUT2D eigenvalue weighted by molar-refractivity contribution is 5.11. The number of aryl methyl sites for hydroxylation is 1. The lowest BCUT2D eigenvalue weighted by atomic mass is 9.92. The quantitative estimate of drug-likeness (QED) is 0.852. The molecule has 3 heteroatoms. The van der Waals surface area contributed by atoms with E-state index in [4.69, 9.17) is 9.15 Å². The maximum atomic E-state index is 5.74. The molecule has 0 saturated carbocycles. The van der Waals surface area contributed by atoms with Crippen molar-refractivity contribution in [3.8, 4) is 0 Å². The van der Waals surface area contributed by atoms with Gasteiger partial charge < -0.3 is 14.5 Å². The van der Waals surface area contributed by atoms with Crippen molar-refractivity contribution in [1.29, 1.82) is 0 Å². The van der Waals surface area contributed by atoms with Crippen molar-refractivity contribution in [3.63, 3.8) is 0 Å². The lowest BCUT2D eigenvalue weighted by Gasteiger charge is -2.24. The van der Waals surface area contributed by atoms with Gasteiger partial charge in [0.25, 0.3) is 0 Å². The Bertz CT molecular complexity index is 334. The summed E-state index contributed by atoms with van der Waals surface area (Å²) >= 11 is 0. The molecule has 1 fully saturated rings. The molecule has 1 saturated heterocycles. The maximum Gasteiger partial charge on any atom is 0.121 e. The van der Waals surface area contributed by atoms with E-state index in [0.29, 0.717) is 12.0 Å². The third-order valence-corrected chi connectivity index (χ3v) is 3.35. The van der Waals surface area contributed by atoms with E-state index in [1.807, 2.05) is 13.0 Å². The first-order valence-corrected chi connectivity index (χ1v) is 6.13. The van der Waals surface area contributed by atoms with Crippen molar-refractivity contribution in [2.45, 2.75) is 39.3 Å². The van der Waals surface area contributed by atoms with E-state index in [9.17, 15) is 0 Å².